The minimum atomic E-state index is -4.93. The SMILES string of the molecule is F[B-](F)(F)c1cccc(OCC2CCCC2)c1. The monoisotopic (exact) mass is 243 g/mol. The molecule has 0 N–H and O–H groups in total. The molecule has 1 nitrogen and oxygen atoms in total. The number of rotatable bonds is 4. The lowest BCUT2D eigenvalue weighted by atomic mass is 9.80. The molecule has 0 radical (unpaired) electrons. The molecule has 1 aromatic carbocycles. The Bertz CT molecular complexity index is 372. The molecule has 94 valence electrons. The van der Waals surface area contributed by atoms with Crippen LogP contribution in [0.15, 0.2) is 24.3 Å². The zero-order valence-corrected chi connectivity index (χ0v) is 9.54. The van der Waals surface area contributed by atoms with Gasteiger partial charge in [-0.15, -0.1) is 5.46 Å². The van der Waals surface area contributed by atoms with E-state index >= 15 is 0 Å². The summed E-state index contributed by atoms with van der Waals surface area (Å²) < 4.78 is 43.0. The standard InChI is InChI=1S/C12H15BF3O/c14-13(15,16)11-6-3-7-12(8-11)17-9-10-4-1-2-5-10/h3,6-8,10H,1-2,4-5,9H2/q-1. The molecule has 0 spiro atoms. The maximum Gasteiger partial charge on any atom is 0.509 e. The first-order chi connectivity index (χ1) is 8.05. The molecule has 0 saturated heterocycles. The van der Waals surface area contributed by atoms with Crippen molar-refractivity contribution in [3.05, 3.63) is 24.3 Å². The summed E-state index contributed by atoms with van der Waals surface area (Å²) in [5.41, 5.74) is -0.589. The van der Waals surface area contributed by atoms with Crippen LogP contribution in [-0.2, 0) is 0 Å². The van der Waals surface area contributed by atoms with Crippen LogP contribution in [0.5, 0.6) is 5.75 Å². The second kappa shape index (κ2) is 5.02. The minimum Gasteiger partial charge on any atom is -0.493 e. The molecular weight excluding hydrogens is 228 g/mol. The average Bonchev–Trinajstić information content (AvgIpc) is 2.78. The molecule has 2 rings (SSSR count). The molecule has 0 aromatic heterocycles. The molecule has 0 unspecified atom stereocenters. The molecule has 1 fully saturated rings. The van der Waals surface area contributed by atoms with Crippen molar-refractivity contribution in [1.29, 1.82) is 0 Å². The molecule has 1 aliphatic carbocycles. The summed E-state index contributed by atoms with van der Waals surface area (Å²) in [6.45, 7) is -4.40. The van der Waals surface area contributed by atoms with Gasteiger partial charge in [-0.1, -0.05) is 25.0 Å². The van der Waals surface area contributed by atoms with Crippen LogP contribution in [-0.4, -0.2) is 13.6 Å². The topological polar surface area (TPSA) is 9.23 Å². The van der Waals surface area contributed by atoms with Crippen LogP contribution in [0.3, 0.4) is 0 Å². The van der Waals surface area contributed by atoms with Gasteiger partial charge in [0.1, 0.15) is 5.75 Å². The van der Waals surface area contributed by atoms with Gasteiger partial charge in [-0.3, -0.25) is 0 Å². The van der Waals surface area contributed by atoms with Crippen LogP contribution >= 0.6 is 0 Å². The summed E-state index contributed by atoms with van der Waals surface area (Å²) in [5, 5.41) is 0. The highest BCUT2D eigenvalue weighted by Gasteiger charge is 2.25. The lowest BCUT2D eigenvalue weighted by molar-refractivity contribution is 0.252. The van der Waals surface area contributed by atoms with Gasteiger partial charge in [-0.05, 0) is 30.9 Å². The Morgan fingerprint density at radius 3 is 2.53 bits per heavy atom. The van der Waals surface area contributed by atoms with E-state index < -0.39 is 12.4 Å². The predicted octanol–water partition coefficient (Wildman–Crippen LogP) is 3.31. The van der Waals surface area contributed by atoms with E-state index in [1.54, 1.807) is 6.07 Å². The van der Waals surface area contributed by atoms with E-state index in [1.165, 1.54) is 18.9 Å². The van der Waals surface area contributed by atoms with Crippen LogP contribution < -0.4 is 10.2 Å². The third-order valence-electron chi connectivity index (χ3n) is 3.20. The van der Waals surface area contributed by atoms with E-state index in [2.05, 4.69) is 0 Å². The van der Waals surface area contributed by atoms with E-state index in [0.29, 0.717) is 18.3 Å². The fraction of sp³-hybridized carbons (Fsp3) is 0.500. The van der Waals surface area contributed by atoms with Crippen LogP contribution in [0.2, 0.25) is 0 Å². The van der Waals surface area contributed by atoms with Gasteiger partial charge in [0, 0.05) is 0 Å². The lowest BCUT2D eigenvalue weighted by Gasteiger charge is -2.17. The molecule has 0 bridgehead atoms. The van der Waals surface area contributed by atoms with E-state index in [0.717, 1.165) is 25.0 Å². The number of ether oxygens (including phenoxy) is 1. The van der Waals surface area contributed by atoms with Crippen LogP contribution in [0.1, 0.15) is 25.7 Å². The summed E-state index contributed by atoms with van der Waals surface area (Å²) in [4.78, 5) is 0. The predicted molar refractivity (Wildman–Crippen MR) is 62.6 cm³/mol. The molecular formula is C12H15BF3O-. The van der Waals surface area contributed by atoms with Crippen LogP contribution in [0.25, 0.3) is 0 Å². The van der Waals surface area contributed by atoms with Crippen molar-refractivity contribution in [2.45, 2.75) is 25.7 Å². The maximum absolute atomic E-state index is 12.5. The Morgan fingerprint density at radius 2 is 1.88 bits per heavy atom. The highest BCUT2D eigenvalue weighted by atomic mass is 19.4. The highest BCUT2D eigenvalue weighted by molar-refractivity contribution is 6.73. The van der Waals surface area contributed by atoms with Crippen molar-refractivity contribution in [3.8, 4) is 5.75 Å². The zero-order valence-electron chi connectivity index (χ0n) is 9.54. The summed E-state index contributed by atoms with van der Waals surface area (Å²) in [6, 6.07) is 5.16. The summed E-state index contributed by atoms with van der Waals surface area (Å²) in [7, 11) is 0. The largest absolute Gasteiger partial charge is 0.509 e. The fourth-order valence-corrected chi connectivity index (χ4v) is 2.20. The van der Waals surface area contributed by atoms with Crippen molar-refractivity contribution in [3.63, 3.8) is 0 Å². The Hall–Kier alpha value is -1.13. The Kier molecular flexibility index (Phi) is 3.65. The summed E-state index contributed by atoms with van der Waals surface area (Å²) in [6.07, 6.45) is 4.67. The number of halogens is 3. The van der Waals surface area contributed by atoms with Gasteiger partial charge in [0.15, 0.2) is 0 Å². The molecule has 0 heterocycles. The number of hydrogen-bond donors (Lipinski definition) is 0. The molecule has 1 saturated carbocycles. The molecule has 0 amide bonds. The van der Waals surface area contributed by atoms with Crippen molar-refractivity contribution < 1.29 is 17.7 Å². The van der Waals surface area contributed by atoms with Gasteiger partial charge in [-0.2, -0.15) is 0 Å². The number of benzene rings is 1. The first kappa shape index (κ1) is 12.3. The third-order valence-corrected chi connectivity index (χ3v) is 3.20. The normalized spacial score (nSPS) is 17.4. The van der Waals surface area contributed by atoms with E-state index in [-0.39, 0.29) is 0 Å². The van der Waals surface area contributed by atoms with E-state index in [4.69, 9.17) is 4.74 Å². The Balaban J connectivity index is 1.96. The lowest BCUT2D eigenvalue weighted by Crippen LogP contribution is -2.33. The molecule has 0 aliphatic heterocycles. The summed E-state index contributed by atoms with van der Waals surface area (Å²) in [5.74, 6) is 0.837. The van der Waals surface area contributed by atoms with Gasteiger partial charge in [0.05, 0.1) is 6.61 Å². The smallest absolute Gasteiger partial charge is 0.493 e. The van der Waals surface area contributed by atoms with Gasteiger partial charge < -0.3 is 17.7 Å². The Labute approximate surface area is 99.0 Å². The summed E-state index contributed by atoms with van der Waals surface area (Å²) >= 11 is 0. The van der Waals surface area contributed by atoms with Crippen LogP contribution in [0.4, 0.5) is 12.9 Å². The van der Waals surface area contributed by atoms with Gasteiger partial charge >= 0.3 is 6.98 Å². The van der Waals surface area contributed by atoms with Crippen molar-refractivity contribution in [1.82, 2.24) is 0 Å². The van der Waals surface area contributed by atoms with Gasteiger partial charge in [-0.25, -0.2) is 0 Å². The van der Waals surface area contributed by atoms with Gasteiger partial charge in [0.2, 0.25) is 0 Å². The van der Waals surface area contributed by atoms with E-state index in [9.17, 15) is 12.9 Å². The fourth-order valence-electron chi connectivity index (χ4n) is 2.20. The molecule has 0 atom stereocenters. The number of hydrogen-bond acceptors (Lipinski definition) is 1. The van der Waals surface area contributed by atoms with Gasteiger partial charge in [0.25, 0.3) is 0 Å². The van der Waals surface area contributed by atoms with Crippen molar-refractivity contribution >= 4 is 12.4 Å². The van der Waals surface area contributed by atoms with Crippen molar-refractivity contribution in [2.75, 3.05) is 6.61 Å². The second-order valence-corrected chi connectivity index (χ2v) is 4.61. The first-order valence-corrected chi connectivity index (χ1v) is 5.98. The minimum absolute atomic E-state index is 0.327. The molecule has 1 aromatic rings. The first-order valence-electron chi connectivity index (χ1n) is 5.98. The maximum atomic E-state index is 12.5. The molecule has 1 aliphatic rings. The quantitative estimate of drug-likeness (QED) is 0.737. The second-order valence-electron chi connectivity index (χ2n) is 4.61. The molecule has 5 heteroatoms. The average molecular weight is 243 g/mol. The molecule has 17 heavy (non-hydrogen) atoms. The van der Waals surface area contributed by atoms with E-state index in [1.807, 2.05) is 0 Å². The van der Waals surface area contributed by atoms with Crippen LogP contribution in [0, 0.1) is 5.92 Å². The zero-order chi connectivity index (χ0) is 12.3. The Morgan fingerprint density at radius 1 is 1.18 bits per heavy atom. The van der Waals surface area contributed by atoms with Crippen molar-refractivity contribution in [2.24, 2.45) is 5.92 Å². The third kappa shape index (κ3) is 3.41. The highest BCUT2D eigenvalue weighted by Crippen LogP contribution is 2.25.